The fourth-order valence-corrected chi connectivity index (χ4v) is 2.49. The van der Waals surface area contributed by atoms with Crippen LogP contribution >= 0.6 is 0 Å². The number of carboxylic acid groups (broad SMARTS) is 1. The zero-order chi connectivity index (χ0) is 11.5. The van der Waals surface area contributed by atoms with Crippen LogP contribution in [0.2, 0.25) is 0 Å². The van der Waals surface area contributed by atoms with E-state index in [-0.39, 0.29) is 17.9 Å². The number of likely N-dealkylation sites (tertiary alicyclic amines) is 1. The van der Waals surface area contributed by atoms with Crippen LogP contribution in [0.3, 0.4) is 0 Å². The lowest BCUT2D eigenvalue weighted by Gasteiger charge is -2.32. The summed E-state index contributed by atoms with van der Waals surface area (Å²) in [5.74, 6) is -1.07. The molecule has 0 aromatic heterocycles. The van der Waals surface area contributed by atoms with Gasteiger partial charge in [0.2, 0.25) is 5.91 Å². The Hall–Kier alpha value is -1.10. The molecule has 90 valence electrons. The van der Waals surface area contributed by atoms with Crippen molar-refractivity contribution in [3.63, 3.8) is 0 Å². The number of rotatable bonds is 2. The zero-order valence-corrected chi connectivity index (χ0v) is 9.32. The van der Waals surface area contributed by atoms with Gasteiger partial charge in [-0.2, -0.15) is 0 Å². The first-order valence-corrected chi connectivity index (χ1v) is 5.93. The third kappa shape index (κ3) is 2.35. The van der Waals surface area contributed by atoms with Gasteiger partial charge in [-0.25, -0.2) is 0 Å². The fraction of sp³-hybridized carbons (Fsp3) is 0.818. The molecular weight excluding hydrogens is 208 g/mol. The van der Waals surface area contributed by atoms with E-state index in [4.69, 9.17) is 5.11 Å². The monoisotopic (exact) mass is 226 g/mol. The number of carboxylic acids is 1. The fourth-order valence-electron chi connectivity index (χ4n) is 2.49. The third-order valence-corrected chi connectivity index (χ3v) is 3.44. The number of amides is 1. The van der Waals surface area contributed by atoms with Gasteiger partial charge < -0.3 is 15.3 Å². The molecule has 2 fully saturated rings. The highest BCUT2D eigenvalue weighted by atomic mass is 16.4. The summed E-state index contributed by atoms with van der Waals surface area (Å²) in [5.41, 5.74) is 0. The van der Waals surface area contributed by atoms with Crippen molar-refractivity contribution >= 4 is 11.9 Å². The first-order chi connectivity index (χ1) is 7.68. The number of carbonyl (C=O) groups excluding carboxylic acids is 1. The van der Waals surface area contributed by atoms with Crippen LogP contribution in [0.15, 0.2) is 0 Å². The van der Waals surface area contributed by atoms with Crippen molar-refractivity contribution in [3.05, 3.63) is 0 Å². The average Bonchev–Trinajstić information content (AvgIpc) is 2.81. The van der Waals surface area contributed by atoms with Gasteiger partial charge in [-0.15, -0.1) is 0 Å². The van der Waals surface area contributed by atoms with E-state index in [0.29, 0.717) is 19.5 Å². The average molecular weight is 226 g/mol. The Morgan fingerprint density at radius 2 is 2.06 bits per heavy atom. The van der Waals surface area contributed by atoms with Gasteiger partial charge in [-0.05, 0) is 32.2 Å². The number of carbonyl (C=O) groups is 2. The largest absolute Gasteiger partial charge is 0.481 e. The second kappa shape index (κ2) is 4.82. The Morgan fingerprint density at radius 1 is 1.25 bits per heavy atom. The molecule has 0 aliphatic carbocycles. The molecule has 0 aromatic carbocycles. The molecule has 2 heterocycles. The molecular formula is C11H18N2O3. The quantitative estimate of drug-likeness (QED) is 0.698. The first kappa shape index (κ1) is 11.4. The van der Waals surface area contributed by atoms with E-state index in [1.807, 2.05) is 0 Å². The Bertz CT molecular complexity index is 287. The van der Waals surface area contributed by atoms with E-state index < -0.39 is 5.97 Å². The summed E-state index contributed by atoms with van der Waals surface area (Å²) in [6.07, 6.45) is 3.41. The van der Waals surface area contributed by atoms with Crippen molar-refractivity contribution in [2.45, 2.75) is 31.7 Å². The number of piperidine rings is 1. The maximum absolute atomic E-state index is 12.0. The molecule has 0 bridgehead atoms. The molecule has 2 aliphatic rings. The third-order valence-electron chi connectivity index (χ3n) is 3.44. The molecule has 2 N–H and O–H groups in total. The minimum atomic E-state index is -0.781. The minimum Gasteiger partial charge on any atom is -0.481 e. The Balaban J connectivity index is 1.93. The molecule has 5 nitrogen and oxygen atoms in total. The number of nitrogens with one attached hydrogen (secondary N) is 1. The van der Waals surface area contributed by atoms with Crippen LogP contribution < -0.4 is 5.32 Å². The summed E-state index contributed by atoms with van der Waals surface area (Å²) < 4.78 is 0. The maximum atomic E-state index is 12.0. The number of nitrogens with zero attached hydrogens (tertiary/aromatic N) is 1. The summed E-state index contributed by atoms with van der Waals surface area (Å²) in [6, 6.07) is -0.0763. The van der Waals surface area contributed by atoms with Crippen LogP contribution in [0.4, 0.5) is 0 Å². The summed E-state index contributed by atoms with van der Waals surface area (Å²) in [5, 5.41) is 12.1. The van der Waals surface area contributed by atoms with Crippen LogP contribution in [0, 0.1) is 5.92 Å². The predicted molar refractivity (Wildman–Crippen MR) is 58.0 cm³/mol. The number of hydrogen-bond acceptors (Lipinski definition) is 3. The van der Waals surface area contributed by atoms with Crippen molar-refractivity contribution in [1.29, 1.82) is 0 Å². The number of hydrogen-bond donors (Lipinski definition) is 2. The van der Waals surface area contributed by atoms with Crippen molar-refractivity contribution in [2.75, 3.05) is 19.6 Å². The van der Waals surface area contributed by atoms with E-state index in [0.717, 1.165) is 25.8 Å². The highest BCUT2D eigenvalue weighted by Gasteiger charge is 2.32. The van der Waals surface area contributed by atoms with Crippen molar-refractivity contribution in [2.24, 2.45) is 5.92 Å². The molecule has 1 unspecified atom stereocenters. The summed E-state index contributed by atoms with van der Waals surface area (Å²) >= 11 is 0. The first-order valence-electron chi connectivity index (χ1n) is 5.93. The predicted octanol–water partition coefficient (Wildman–Crippen LogP) is 0.0616. The Labute approximate surface area is 94.8 Å². The van der Waals surface area contributed by atoms with E-state index in [1.165, 1.54) is 0 Å². The van der Waals surface area contributed by atoms with Crippen molar-refractivity contribution in [3.8, 4) is 0 Å². The van der Waals surface area contributed by atoms with Gasteiger partial charge in [0.1, 0.15) is 0 Å². The Kier molecular flexibility index (Phi) is 3.43. The van der Waals surface area contributed by atoms with Crippen molar-refractivity contribution < 1.29 is 14.7 Å². The maximum Gasteiger partial charge on any atom is 0.308 e. The van der Waals surface area contributed by atoms with Gasteiger partial charge in [0, 0.05) is 13.1 Å². The summed E-state index contributed by atoms with van der Waals surface area (Å²) in [6.45, 7) is 1.99. The lowest BCUT2D eigenvalue weighted by Crippen LogP contribution is -2.49. The molecule has 16 heavy (non-hydrogen) atoms. The topological polar surface area (TPSA) is 69.6 Å². The van der Waals surface area contributed by atoms with Gasteiger partial charge in [-0.1, -0.05) is 0 Å². The smallest absolute Gasteiger partial charge is 0.308 e. The van der Waals surface area contributed by atoms with E-state index >= 15 is 0 Å². The van der Waals surface area contributed by atoms with Crippen molar-refractivity contribution in [1.82, 2.24) is 10.2 Å². The lowest BCUT2D eigenvalue weighted by atomic mass is 9.97. The molecule has 0 radical (unpaired) electrons. The molecule has 0 saturated carbocycles. The molecule has 2 saturated heterocycles. The summed E-state index contributed by atoms with van der Waals surface area (Å²) in [7, 11) is 0. The van der Waals surface area contributed by atoms with Crippen LogP contribution in [-0.2, 0) is 9.59 Å². The van der Waals surface area contributed by atoms with Gasteiger partial charge >= 0.3 is 5.97 Å². The van der Waals surface area contributed by atoms with Crippen LogP contribution in [0.1, 0.15) is 25.7 Å². The standard InChI is InChI=1S/C11H18N2O3/c14-10(9-4-1-5-12-9)13-6-2-3-8(7-13)11(15)16/h8-9,12H,1-7H2,(H,15,16)/t8?,9-/m0/s1. The highest BCUT2D eigenvalue weighted by molar-refractivity contribution is 5.83. The van der Waals surface area contributed by atoms with E-state index in [2.05, 4.69) is 5.32 Å². The van der Waals surface area contributed by atoms with Gasteiger partial charge in [0.05, 0.1) is 12.0 Å². The molecule has 1 amide bonds. The summed E-state index contributed by atoms with van der Waals surface area (Å²) in [4.78, 5) is 24.6. The van der Waals surface area contributed by atoms with Crippen LogP contribution in [0.5, 0.6) is 0 Å². The van der Waals surface area contributed by atoms with Crippen LogP contribution in [0.25, 0.3) is 0 Å². The normalized spacial score (nSPS) is 30.4. The molecule has 5 heteroatoms. The lowest BCUT2D eigenvalue weighted by molar-refractivity contribution is -0.146. The van der Waals surface area contributed by atoms with Crippen LogP contribution in [-0.4, -0.2) is 47.6 Å². The van der Waals surface area contributed by atoms with E-state index in [9.17, 15) is 9.59 Å². The second-order valence-corrected chi connectivity index (χ2v) is 4.61. The molecule has 0 aromatic rings. The number of aliphatic carboxylic acids is 1. The van der Waals surface area contributed by atoms with Gasteiger partial charge in [0.15, 0.2) is 0 Å². The van der Waals surface area contributed by atoms with Gasteiger partial charge in [0.25, 0.3) is 0 Å². The Morgan fingerprint density at radius 3 is 2.69 bits per heavy atom. The van der Waals surface area contributed by atoms with E-state index in [1.54, 1.807) is 4.90 Å². The molecule has 2 aliphatic heterocycles. The second-order valence-electron chi connectivity index (χ2n) is 4.61. The molecule has 2 rings (SSSR count). The van der Waals surface area contributed by atoms with Gasteiger partial charge in [-0.3, -0.25) is 9.59 Å². The zero-order valence-electron chi connectivity index (χ0n) is 9.32. The molecule has 0 spiro atoms. The highest BCUT2D eigenvalue weighted by Crippen LogP contribution is 2.19. The SMILES string of the molecule is O=C(O)C1CCCN(C(=O)[C@@H]2CCCN2)C1. The molecule has 2 atom stereocenters. The minimum absolute atomic E-state index is 0.0763.